The molecule has 31 heavy (non-hydrogen) atoms. The van der Waals surface area contributed by atoms with Crippen molar-refractivity contribution in [2.24, 2.45) is 5.41 Å². The van der Waals surface area contributed by atoms with Crippen LogP contribution in [0.25, 0.3) is 5.65 Å². The van der Waals surface area contributed by atoms with Crippen LogP contribution in [0.4, 0.5) is 5.95 Å². The first-order valence-corrected chi connectivity index (χ1v) is 13.6. The van der Waals surface area contributed by atoms with E-state index in [9.17, 15) is 8.42 Å². The Balaban J connectivity index is 1.22. The molecule has 0 bridgehead atoms. The number of ether oxygens (including phenoxy) is 1. The molecule has 1 N–H and O–H groups in total. The Morgan fingerprint density at radius 1 is 0.968 bits per heavy atom. The molecule has 6 rings (SSSR count). The molecule has 2 heterocycles. The van der Waals surface area contributed by atoms with Crippen molar-refractivity contribution in [3.63, 3.8) is 0 Å². The lowest BCUT2D eigenvalue weighted by molar-refractivity contribution is 0.0519. The molecule has 2 aromatic rings. The highest BCUT2D eigenvalue weighted by Crippen LogP contribution is 2.49. The molecule has 7 nitrogen and oxygen atoms in total. The summed E-state index contributed by atoms with van der Waals surface area (Å²) in [5.74, 6) is 1.69. The maximum Gasteiger partial charge on any atom is 0.242 e. The van der Waals surface area contributed by atoms with Crippen LogP contribution in [0.5, 0.6) is 5.75 Å². The van der Waals surface area contributed by atoms with Gasteiger partial charge >= 0.3 is 0 Å². The normalized spacial score (nSPS) is 24.5. The van der Waals surface area contributed by atoms with E-state index in [0.29, 0.717) is 17.0 Å². The van der Waals surface area contributed by atoms with Gasteiger partial charge in [-0.1, -0.05) is 19.3 Å². The summed E-state index contributed by atoms with van der Waals surface area (Å²) in [6, 6.07) is 1.96. The number of fused-ring (bicyclic) bond motifs is 1. The number of rotatable bonds is 6. The van der Waals surface area contributed by atoms with Crippen LogP contribution in [-0.4, -0.2) is 34.4 Å². The standard InChI is InChI=1S/C23H32N4O3S/c28-31(29,18-6-7-18)26-22-25-24-21-14-20(19(15-27(21)22)16-4-5-16)30-17-8-12-23(13-9-17)10-2-1-3-11-23/h14-18H,1-13H2,(H,25,26). The molecule has 168 valence electrons. The summed E-state index contributed by atoms with van der Waals surface area (Å²) in [5, 5.41) is 8.07. The molecule has 0 amide bonds. The monoisotopic (exact) mass is 444 g/mol. The molecule has 0 aliphatic heterocycles. The SMILES string of the molecule is O=S(=O)(Nc1nnc2cc(OC3CCC4(CCCCC4)CC3)c(C3CC3)cn12)C1CC1. The van der Waals surface area contributed by atoms with Gasteiger partial charge in [0, 0.05) is 17.8 Å². The second kappa shape index (κ2) is 7.36. The second-order valence-corrected chi connectivity index (χ2v) is 12.3. The minimum atomic E-state index is -3.37. The topological polar surface area (TPSA) is 85.6 Å². The zero-order chi connectivity index (χ0) is 21.1. The smallest absolute Gasteiger partial charge is 0.242 e. The second-order valence-electron chi connectivity index (χ2n) is 10.3. The Kier molecular flexibility index (Phi) is 4.70. The third-order valence-electron chi connectivity index (χ3n) is 7.95. The van der Waals surface area contributed by atoms with Crippen LogP contribution in [-0.2, 0) is 10.0 Å². The summed E-state index contributed by atoms with van der Waals surface area (Å²) < 4.78 is 35.7. The van der Waals surface area contributed by atoms with Crippen molar-refractivity contribution in [2.75, 3.05) is 4.72 Å². The van der Waals surface area contributed by atoms with E-state index in [1.807, 2.05) is 12.3 Å². The van der Waals surface area contributed by atoms with Crippen LogP contribution in [0.15, 0.2) is 12.3 Å². The molecule has 0 saturated heterocycles. The zero-order valence-electron chi connectivity index (χ0n) is 18.1. The Labute approximate surface area is 184 Å². The predicted octanol–water partition coefficient (Wildman–Crippen LogP) is 4.78. The van der Waals surface area contributed by atoms with Crippen molar-refractivity contribution in [2.45, 2.75) is 101 Å². The van der Waals surface area contributed by atoms with Crippen LogP contribution in [0.1, 0.15) is 95.0 Å². The summed E-state index contributed by atoms with van der Waals surface area (Å²) in [6.45, 7) is 0. The highest BCUT2D eigenvalue weighted by atomic mass is 32.2. The Bertz CT molecular complexity index is 1070. The zero-order valence-corrected chi connectivity index (χ0v) is 18.9. The molecular formula is C23H32N4O3S. The number of pyridine rings is 1. The highest BCUT2D eigenvalue weighted by molar-refractivity contribution is 7.93. The molecule has 0 atom stereocenters. The maximum absolute atomic E-state index is 12.4. The fourth-order valence-electron chi connectivity index (χ4n) is 5.70. The molecule has 4 fully saturated rings. The molecule has 0 unspecified atom stereocenters. The molecule has 4 aliphatic carbocycles. The van der Waals surface area contributed by atoms with Gasteiger partial charge in [-0.05, 0) is 75.5 Å². The number of nitrogens with one attached hydrogen (secondary N) is 1. The number of sulfonamides is 1. The van der Waals surface area contributed by atoms with Crippen molar-refractivity contribution < 1.29 is 13.2 Å². The molecule has 0 radical (unpaired) electrons. The van der Waals surface area contributed by atoms with Gasteiger partial charge in [-0.25, -0.2) is 8.42 Å². The van der Waals surface area contributed by atoms with Crippen molar-refractivity contribution >= 4 is 21.6 Å². The van der Waals surface area contributed by atoms with Crippen molar-refractivity contribution in [1.82, 2.24) is 14.6 Å². The lowest BCUT2D eigenvalue weighted by atomic mass is 9.65. The molecule has 2 aromatic heterocycles. The minimum absolute atomic E-state index is 0.267. The lowest BCUT2D eigenvalue weighted by Crippen LogP contribution is -2.34. The summed E-state index contributed by atoms with van der Waals surface area (Å²) in [7, 11) is -3.37. The highest BCUT2D eigenvalue weighted by Gasteiger charge is 2.38. The summed E-state index contributed by atoms with van der Waals surface area (Å²) in [6.07, 6.45) is 17.9. The van der Waals surface area contributed by atoms with Gasteiger partial charge in [-0.15, -0.1) is 10.2 Å². The van der Waals surface area contributed by atoms with Crippen LogP contribution in [0.2, 0.25) is 0 Å². The summed E-state index contributed by atoms with van der Waals surface area (Å²) in [5.41, 5.74) is 2.38. The van der Waals surface area contributed by atoms with E-state index in [4.69, 9.17) is 4.74 Å². The van der Waals surface area contributed by atoms with E-state index in [1.54, 1.807) is 4.40 Å². The van der Waals surface area contributed by atoms with E-state index in [0.717, 1.165) is 49.8 Å². The first-order chi connectivity index (χ1) is 15.0. The third kappa shape index (κ3) is 3.92. The number of aromatic nitrogens is 3. The average Bonchev–Trinajstić information content (AvgIpc) is 3.68. The Morgan fingerprint density at radius 3 is 2.39 bits per heavy atom. The van der Waals surface area contributed by atoms with Crippen LogP contribution < -0.4 is 9.46 Å². The molecule has 4 aliphatic rings. The third-order valence-corrected chi connectivity index (χ3v) is 9.77. The molecular weight excluding hydrogens is 412 g/mol. The molecule has 4 saturated carbocycles. The summed E-state index contributed by atoms with van der Waals surface area (Å²) >= 11 is 0. The van der Waals surface area contributed by atoms with Gasteiger partial charge in [-0.3, -0.25) is 9.12 Å². The summed E-state index contributed by atoms with van der Waals surface area (Å²) in [4.78, 5) is 0. The number of nitrogens with zero attached hydrogens (tertiary/aromatic N) is 3. The van der Waals surface area contributed by atoms with Crippen molar-refractivity contribution in [1.29, 1.82) is 0 Å². The van der Waals surface area contributed by atoms with Gasteiger partial charge in [-0.2, -0.15) is 0 Å². The Morgan fingerprint density at radius 2 is 1.71 bits per heavy atom. The van der Waals surface area contributed by atoms with E-state index >= 15 is 0 Å². The van der Waals surface area contributed by atoms with Gasteiger partial charge in [0.25, 0.3) is 0 Å². The fourth-order valence-corrected chi connectivity index (χ4v) is 7.01. The van der Waals surface area contributed by atoms with E-state index in [2.05, 4.69) is 14.9 Å². The van der Waals surface area contributed by atoms with E-state index < -0.39 is 10.0 Å². The van der Waals surface area contributed by atoms with Crippen molar-refractivity contribution in [3.8, 4) is 5.75 Å². The molecule has 1 spiro atoms. The number of anilines is 1. The van der Waals surface area contributed by atoms with Crippen molar-refractivity contribution in [3.05, 3.63) is 17.8 Å². The maximum atomic E-state index is 12.4. The lowest BCUT2D eigenvalue weighted by Gasteiger charge is -2.43. The van der Waals surface area contributed by atoms with Gasteiger partial charge < -0.3 is 4.74 Å². The number of hydrogen-bond acceptors (Lipinski definition) is 5. The van der Waals surface area contributed by atoms with Crippen LogP contribution in [0, 0.1) is 5.41 Å². The van der Waals surface area contributed by atoms with E-state index in [-0.39, 0.29) is 17.3 Å². The van der Waals surface area contributed by atoms with Gasteiger partial charge in [0.15, 0.2) is 5.65 Å². The van der Waals surface area contributed by atoms with Gasteiger partial charge in [0.2, 0.25) is 16.0 Å². The predicted molar refractivity (Wildman–Crippen MR) is 119 cm³/mol. The quantitative estimate of drug-likeness (QED) is 0.693. The van der Waals surface area contributed by atoms with Crippen LogP contribution >= 0.6 is 0 Å². The minimum Gasteiger partial charge on any atom is -0.490 e. The number of hydrogen-bond donors (Lipinski definition) is 1. The van der Waals surface area contributed by atoms with Gasteiger partial charge in [0.1, 0.15) is 5.75 Å². The first kappa shape index (κ1) is 19.8. The molecule has 8 heteroatoms. The largest absolute Gasteiger partial charge is 0.490 e. The van der Waals surface area contributed by atoms with Gasteiger partial charge in [0.05, 0.1) is 11.4 Å². The van der Waals surface area contributed by atoms with Crippen LogP contribution in [0.3, 0.4) is 0 Å². The fraction of sp³-hybridized carbons (Fsp3) is 0.739. The average molecular weight is 445 g/mol. The first-order valence-electron chi connectivity index (χ1n) is 12.1. The Hall–Kier alpha value is -1.83. The molecule has 0 aromatic carbocycles. The van der Waals surface area contributed by atoms with E-state index in [1.165, 1.54) is 44.9 Å².